The molecule has 1 saturated heterocycles. The number of nitro groups is 1. The highest BCUT2D eigenvalue weighted by Gasteiger charge is 2.27. The van der Waals surface area contributed by atoms with Crippen LogP contribution >= 0.6 is 0 Å². The van der Waals surface area contributed by atoms with Gasteiger partial charge < -0.3 is 14.7 Å². The third kappa shape index (κ3) is 3.24. The Morgan fingerprint density at radius 3 is 2.90 bits per heavy atom. The van der Waals surface area contributed by atoms with Crippen LogP contribution < -0.4 is 9.64 Å². The smallest absolute Gasteiger partial charge is 0.313 e. The maximum absolute atomic E-state index is 14.3. The number of rotatable bonds is 5. The van der Waals surface area contributed by atoms with Gasteiger partial charge >= 0.3 is 5.69 Å². The summed E-state index contributed by atoms with van der Waals surface area (Å²) in [6.45, 7) is 0.704. The number of anilines is 1. The summed E-state index contributed by atoms with van der Waals surface area (Å²) < 4.78 is 19.3. The molecule has 1 atom stereocenters. The van der Waals surface area contributed by atoms with Gasteiger partial charge in [0.2, 0.25) is 0 Å². The van der Waals surface area contributed by atoms with Crippen LogP contribution in [0.25, 0.3) is 0 Å². The molecule has 1 heterocycles. The van der Waals surface area contributed by atoms with Crippen molar-refractivity contribution in [3.8, 4) is 5.75 Å². The van der Waals surface area contributed by atoms with Gasteiger partial charge in [0.25, 0.3) is 0 Å². The fourth-order valence-corrected chi connectivity index (χ4v) is 2.83. The lowest BCUT2D eigenvalue weighted by Gasteiger charge is -2.37. The molecule has 1 fully saturated rings. The second-order valence-electron chi connectivity index (χ2n) is 5.09. The average Bonchev–Trinajstić information content (AvgIpc) is 2.48. The van der Waals surface area contributed by atoms with Crippen LogP contribution in [0.1, 0.15) is 25.7 Å². The van der Waals surface area contributed by atoms with Gasteiger partial charge in [-0.1, -0.05) is 0 Å². The van der Waals surface area contributed by atoms with E-state index < -0.39 is 10.7 Å². The molecule has 0 aromatic heterocycles. The van der Waals surface area contributed by atoms with Crippen LogP contribution in [0.4, 0.5) is 15.8 Å². The van der Waals surface area contributed by atoms with Gasteiger partial charge in [0.1, 0.15) is 0 Å². The summed E-state index contributed by atoms with van der Waals surface area (Å²) >= 11 is 0. The van der Waals surface area contributed by atoms with E-state index in [0.717, 1.165) is 25.3 Å². The van der Waals surface area contributed by atoms with Crippen molar-refractivity contribution in [3.05, 3.63) is 28.1 Å². The monoisotopic (exact) mass is 298 g/mol. The molecule has 2 rings (SSSR count). The van der Waals surface area contributed by atoms with Crippen LogP contribution in [-0.2, 0) is 0 Å². The second kappa shape index (κ2) is 6.71. The Morgan fingerprint density at radius 1 is 1.52 bits per heavy atom. The molecule has 0 spiro atoms. The minimum absolute atomic E-state index is 0.0346. The topological polar surface area (TPSA) is 75.8 Å². The molecule has 1 aromatic carbocycles. The zero-order valence-electron chi connectivity index (χ0n) is 11.9. The van der Waals surface area contributed by atoms with Crippen LogP contribution in [0, 0.1) is 15.9 Å². The van der Waals surface area contributed by atoms with Crippen molar-refractivity contribution in [2.75, 3.05) is 25.2 Å². The zero-order chi connectivity index (χ0) is 15.4. The predicted octanol–water partition coefficient (Wildman–Crippen LogP) is 2.48. The molecule has 0 aliphatic carbocycles. The Kier molecular flexibility index (Phi) is 4.95. The highest BCUT2D eigenvalue weighted by Crippen LogP contribution is 2.36. The van der Waals surface area contributed by atoms with E-state index in [-0.39, 0.29) is 24.1 Å². The van der Waals surface area contributed by atoms with E-state index in [1.165, 1.54) is 13.2 Å². The number of piperidine rings is 1. The maximum Gasteiger partial charge on any atom is 0.313 e. The van der Waals surface area contributed by atoms with E-state index in [2.05, 4.69) is 0 Å². The first-order chi connectivity index (χ1) is 10.1. The number of benzene rings is 1. The van der Waals surface area contributed by atoms with Crippen molar-refractivity contribution in [2.24, 2.45) is 0 Å². The van der Waals surface area contributed by atoms with Gasteiger partial charge in [0.15, 0.2) is 11.6 Å². The fraction of sp³-hybridized carbons (Fsp3) is 0.571. The predicted molar refractivity (Wildman–Crippen MR) is 76.3 cm³/mol. The largest absolute Gasteiger partial charge is 0.490 e. The number of ether oxygens (including phenoxy) is 1. The first-order valence-corrected chi connectivity index (χ1v) is 6.98. The molecular weight excluding hydrogens is 279 g/mol. The Hall–Kier alpha value is -1.89. The summed E-state index contributed by atoms with van der Waals surface area (Å²) in [5.41, 5.74) is -0.0786. The summed E-state index contributed by atoms with van der Waals surface area (Å²) in [5, 5.41) is 20.0. The molecule has 6 nitrogen and oxygen atoms in total. The molecule has 0 bridgehead atoms. The van der Waals surface area contributed by atoms with Crippen LogP contribution in [0.15, 0.2) is 12.1 Å². The second-order valence-corrected chi connectivity index (χ2v) is 5.09. The van der Waals surface area contributed by atoms with Crippen molar-refractivity contribution in [2.45, 2.75) is 31.7 Å². The summed E-state index contributed by atoms with van der Waals surface area (Å²) in [5.74, 6) is -0.586. The van der Waals surface area contributed by atoms with Crippen molar-refractivity contribution in [1.82, 2.24) is 0 Å². The number of nitro benzene ring substituents is 1. The first kappa shape index (κ1) is 15.5. The molecule has 7 heteroatoms. The molecule has 0 saturated carbocycles. The highest BCUT2D eigenvalue weighted by molar-refractivity contribution is 5.61. The molecule has 1 aromatic rings. The van der Waals surface area contributed by atoms with Gasteiger partial charge in [0, 0.05) is 25.3 Å². The van der Waals surface area contributed by atoms with Crippen LogP contribution in [-0.4, -0.2) is 36.3 Å². The SMILES string of the molecule is COc1cc(N2CCCCC2CCO)c(F)cc1[N+](=O)[O-]. The van der Waals surface area contributed by atoms with E-state index in [0.29, 0.717) is 18.7 Å². The number of aliphatic hydroxyl groups excluding tert-OH is 1. The Bertz CT molecular complexity index is 522. The quantitative estimate of drug-likeness (QED) is 0.667. The molecule has 0 radical (unpaired) electrons. The molecule has 1 aliphatic heterocycles. The number of nitrogens with zero attached hydrogens (tertiary/aromatic N) is 2. The van der Waals surface area contributed by atoms with Crippen molar-refractivity contribution < 1.29 is 19.2 Å². The Balaban J connectivity index is 2.39. The lowest BCUT2D eigenvalue weighted by atomic mass is 9.98. The van der Waals surface area contributed by atoms with Gasteiger partial charge in [-0.15, -0.1) is 0 Å². The Labute approximate surface area is 122 Å². The summed E-state index contributed by atoms with van der Waals surface area (Å²) in [7, 11) is 1.32. The lowest BCUT2D eigenvalue weighted by molar-refractivity contribution is -0.385. The van der Waals surface area contributed by atoms with Gasteiger partial charge in [-0.25, -0.2) is 4.39 Å². The minimum atomic E-state index is -0.660. The zero-order valence-corrected chi connectivity index (χ0v) is 11.9. The van der Waals surface area contributed by atoms with Gasteiger partial charge in [-0.2, -0.15) is 0 Å². The van der Waals surface area contributed by atoms with Gasteiger partial charge in [-0.05, 0) is 25.7 Å². The van der Waals surface area contributed by atoms with Crippen LogP contribution in [0.3, 0.4) is 0 Å². The maximum atomic E-state index is 14.3. The van der Waals surface area contributed by atoms with Crippen molar-refractivity contribution >= 4 is 11.4 Å². The third-order valence-corrected chi connectivity index (χ3v) is 3.84. The normalized spacial score (nSPS) is 18.6. The number of halogens is 1. The molecule has 1 aliphatic rings. The summed E-state index contributed by atoms with van der Waals surface area (Å²) in [4.78, 5) is 12.1. The van der Waals surface area contributed by atoms with Crippen LogP contribution in [0.2, 0.25) is 0 Å². The van der Waals surface area contributed by atoms with Crippen molar-refractivity contribution in [3.63, 3.8) is 0 Å². The third-order valence-electron chi connectivity index (χ3n) is 3.84. The van der Waals surface area contributed by atoms with E-state index in [1.807, 2.05) is 4.90 Å². The highest BCUT2D eigenvalue weighted by atomic mass is 19.1. The number of methoxy groups -OCH3 is 1. The number of hydrogen-bond donors (Lipinski definition) is 1. The lowest BCUT2D eigenvalue weighted by Crippen LogP contribution is -2.40. The average molecular weight is 298 g/mol. The fourth-order valence-electron chi connectivity index (χ4n) is 2.83. The van der Waals surface area contributed by atoms with Gasteiger partial charge in [-0.3, -0.25) is 10.1 Å². The minimum Gasteiger partial charge on any atom is -0.490 e. The van der Waals surface area contributed by atoms with Crippen molar-refractivity contribution in [1.29, 1.82) is 0 Å². The first-order valence-electron chi connectivity index (χ1n) is 6.98. The molecule has 116 valence electrons. The molecule has 1 unspecified atom stereocenters. The van der Waals surface area contributed by atoms with E-state index in [9.17, 15) is 14.5 Å². The summed E-state index contributed by atoms with van der Waals surface area (Å²) in [6, 6.07) is 2.33. The standard InChI is InChI=1S/C14H19FN2O4/c1-21-14-9-12(11(15)8-13(14)17(19)20)16-6-3-2-4-10(16)5-7-18/h8-10,18H,2-7H2,1H3. The summed E-state index contributed by atoms with van der Waals surface area (Å²) in [6.07, 6.45) is 3.39. The molecule has 0 amide bonds. The van der Waals surface area contributed by atoms with E-state index in [4.69, 9.17) is 9.84 Å². The molecule has 1 N–H and O–H groups in total. The Morgan fingerprint density at radius 2 is 2.29 bits per heavy atom. The van der Waals surface area contributed by atoms with E-state index >= 15 is 0 Å². The van der Waals surface area contributed by atoms with Crippen LogP contribution in [0.5, 0.6) is 5.75 Å². The number of hydrogen-bond acceptors (Lipinski definition) is 5. The van der Waals surface area contributed by atoms with Gasteiger partial charge in [0.05, 0.1) is 23.8 Å². The molecular formula is C14H19FN2O4. The van der Waals surface area contributed by atoms with E-state index in [1.54, 1.807) is 0 Å². The molecule has 21 heavy (non-hydrogen) atoms. The number of aliphatic hydroxyl groups is 1.